The Morgan fingerprint density at radius 1 is 1.22 bits per heavy atom. The normalized spacial score (nSPS) is 14.0. The van der Waals surface area contributed by atoms with Gasteiger partial charge in [-0.05, 0) is 32.1 Å². The monoisotopic (exact) mass is 338 g/mol. The fraction of sp³-hybridized carbons (Fsp3) is 0.471. The van der Waals surface area contributed by atoms with Crippen molar-refractivity contribution in [3.05, 3.63) is 28.8 Å². The number of urea groups is 1. The van der Waals surface area contributed by atoms with Crippen LogP contribution in [-0.4, -0.2) is 26.8 Å². The molecule has 0 heterocycles. The number of amides is 2. The van der Waals surface area contributed by atoms with E-state index in [-0.39, 0.29) is 6.03 Å². The van der Waals surface area contributed by atoms with Crippen LogP contribution in [0.3, 0.4) is 0 Å². The van der Waals surface area contributed by atoms with Gasteiger partial charge in [-0.1, -0.05) is 23.3 Å². The lowest BCUT2D eigenvalue weighted by Gasteiger charge is -2.15. The van der Waals surface area contributed by atoms with Gasteiger partial charge >= 0.3 is 6.03 Å². The van der Waals surface area contributed by atoms with E-state index in [0.29, 0.717) is 28.8 Å². The predicted octanol–water partition coefficient (Wildman–Crippen LogP) is 4.37. The number of benzene rings is 1. The Hall–Kier alpha value is -1.88. The van der Waals surface area contributed by atoms with Gasteiger partial charge in [0.05, 0.1) is 24.9 Å². The van der Waals surface area contributed by atoms with Gasteiger partial charge < -0.3 is 20.1 Å². The number of carbonyl (C=O) groups excluding carboxylic acids is 1. The Kier molecular flexibility index (Phi) is 6.59. The zero-order valence-electron chi connectivity index (χ0n) is 13.6. The summed E-state index contributed by atoms with van der Waals surface area (Å²) in [6.45, 7) is 0.616. The standard InChI is InChI=1S/C17H23ClN2O3/c1-22-15-11-14(16(23-2)10-13(15)18)20-17(21)19-9-8-12-6-4-3-5-7-12/h6,10-11H,3-5,7-9H2,1-2H3,(H2,19,20,21). The van der Waals surface area contributed by atoms with Crippen LogP contribution in [0.4, 0.5) is 10.5 Å². The molecular weight excluding hydrogens is 316 g/mol. The molecule has 2 N–H and O–H groups in total. The number of rotatable bonds is 6. The summed E-state index contributed by atoms with van der Waals surface area (Å²) in [6, 6.07) is 2.98. The molecule has 1 aromatic rings. The Morgan fingerprint density at radius 2 is 2.00 bits per heavy atom. The summed E-state index contributed by atoms with van der Waals surface area (Å²) in [4.78, 5) is 12.0. The minimum absolute atomic E-state index is 0.274. The second-order valence-electron chi connectivity index (χ2n) is 5.43. The lowest BCUT2D eigenvalue weighted by molar-refractivity contribution is 0.252. The van der Waals surface area contributed by atoms with E-state index in [9.17, 15) is 4.79 Å². The maximum Gasteiger partial charge on any atom is 0.319 e. The summed E-state index contributed by atoms with van der Waals surface area (Å²) in [5, 5.41) is 6.06. The molecule has 0 spiro atoms. The van der Waals surface area contributed by atoms with Crippen LogP contribution in [0.1, 0.15) is 32.1 Å². The number of allylic oxidation sites excluding steroid dienone is 1. The average molecular weight is 339 g/mol. The van der Waals surface area contributed by atoms with Gasteiger partial charge in [0.2, 0.25) is 0 Å². The lowest BCUT2D eigenvalue weighted by Crippen LogP contribution is -2.30. The molecule has 23 heavy (non-hydrogen) atoms. The van der Waals surface area contributed by atoms with Crippen LogP contribution in [-0.2, 0) is 0 Å². The molecular formula is C17H23ClN2O3. The number of ether oxygens (including phenoxy) is 2. The van der Waals surface area contributed by atoms with E-state index in [0.717, 1.165) is 19.3 Å². The topological polar surface area (TPSA) is 59.6 Å². The van der Waals surface area contributed by atoms with E-state index in [4.69, 9.17) is 21.1 Å². The molecule has 5 nitrogen and oxygen atoms in total. The molecule has 126 valence electrons. The van der Waals surface area contributed by atoms with Crippen molar-refractivity contribution in [1.82, 2.24) is 5.32 Å². The molecule has 0 aromatic heterocycles. The predicted molar refractivity (Wildman–Crippen MR) is 92.7 cm³/mol. The molecule has 1 aromatic carbocycles. The summed E-state index contributed by atoms with van der Waals surface area (Å²) in [5.74, 6) is 0.969. The first-order chi connectivity index (χ1) is 11.1. The molecule has 0 atom stereocenters. The summed E-state index contributed by atoms with van der Waals surface area (Å²) in [7, 11) is 3.05. The molecule has 0 aliphatic heterocycles. The van der Waals surface area contributed by atoms with Crippen molar-refractivity contribution in [2.45, 2.75) is 32.1 Å². The second-order valence-corrected chi connectivity index (χ2v) is 5.83. The molecule has 1 aliphatic carbocycles. The van der Waals surface area contributed by atoms with Crippen LogP contribution in [0.2, 0.25) is 5.02 Å². The van der Waals surface area contributed by atoms with Crippen LogP contribution in [0.25, 0.3) is 0 Å². The molecule has 2 rings (SSSR count). The second kappa shape index (κ2) is 8.67. The van der Waals surface area contributed by atoms with Gasteiger partial charge in [0.1, 0.15) is 11.5 Å². The number of halogens is 1. The largest absolute Gasteiger partial charge is 0.495 e. The molecule has 2 amide bonds. The first kappa shape index (κ1) is 17.5. The number of hydrogen-bond donors (Lipinski definition) is 2. The fourth-order valence-electron chi connectivity index (χ4n) is 2.59. The zero-order valence-corrected chi connectivity index (χ0v) is 14.3. The third kappa shape index (κ3) is 5.06. The van der Waals surface area contributed by atoms with Crippen LogP contribution < -0.4 is 20.1 Å². The highest BCUT2D eigenvalue weighted by atomic mass is 35.5. The van der Waals surface area contributed by atoms with E-state index in [1.54, 1.807) is 12.1 Å². The Bertz CT molecular complexity index is 587. The maximum absolute atomic E-state index is 12.0. The molecule has 0 saturated heterocycles. The maximum atomic E-state index is 12.0. The lowest BCUT2D eigenvalue weighted by atomic mass is 9.97. The van der Waals surface area contributed by atoms with Gasteiger partial charge in [-0.2, -0.15) is 0 Å². The Morgan fingerprint density at radius 3 is 2.65 bits per heavy atom. The Labute approximate surface area is 142 Å². The number of hydrogen-bond acceptors (Lipinski definition) is 3. The minimum Gasteiger partial charge on any atom is -0.495 e. The SMILES string of the molecule is COc1cc(NC(=O)NCCC2=CCCCC2)c(OC)cc1Cl. The van der Waals surface area contributed by atoms with Crippen molar-refractivity contribution in [1.29, 1.82) is 0 Å². The van der Waals surface area contributed by atoms with Crippen LogP contribution in [0, 0.1) is 0 Å². The number of nitrogens with one attached hydrogen (secondary N) is 2. The van der Waals surface area contributed by atoms with E-state index < -0.39 is 0 Å². The van der Waals surface area contributed by atoms with Crippen LogP contribution in [0.5, 0.6) is 11.5 Å². The van der Waals surface area contributed by atoms with Gasteiger partial charge in [0, 0.05) is 18.7 Å². The molecule has 0 bridgehead atoms. The van der Waals surface area contributed by atoms with Gasteiger partial charge in [-0.3, -0.25) is 0 Å². The summed E-state index contributed by atoms with van der Waals surface area (Å²) in [5.41, 5.74) is 1.95. The summed E-state index contributed by atoms with van der Waals surface area (Å²) < 4.78 is 10.4. The first-order valence-corrected chi connectivity index (χ1v) is 8.16. The van der Waals surface area contributed by atoms with Gasteiger partial charge in [-0.25, -0.2) is 4.79 Å². The molecule has 0 radical (unpaired) electrons. The zero-order chi connectivity index (χ0) is 16.7. The van der Waals surface area contributed by atoms with Gasteiger partial charge in [0.25, 0.3) is 0 Å². The van der Waals surface area contributed by atoms with Gasteiger partial charge in [-0.15, -0.1) is 0 Å². The van der Waals surface area contributed by atoms with Crippen molar-refractivity contribution in [2.24, 2.45) is 0 Å². The fourth-order valence-corrected chi connectivity index (χ4v) is 2.82. The molecule has 0 fully saturated rings. The van der Waals surface area contributed by atoms with E-state index in [1.807, 2.05) is 0 Å². The van der Waals surface area contributed by atoms with Crippen LogP contribution in [0.15, 0.2) is 23.8 Å². The van der Waals surface area contributed by atoms with E-state index in [2.05, 4.69) is 16.7 Å². The number of carbonyl (C=O) groups is 1. The highest BCUT2D eigenvalue weighted by molar-refractivity contribution is 6.32. The summed E-state index contributed by atoms with van der Waals surface area (Å²) in [6.07, 6.45) is 8.01. The third-order valence-corrected chi connectivity index (χ3v) is 4.13. The molecule has 0 unspecified atom stereocenters. The first-order valence-electron chi connectivity index (χ1n) is 7.78. The van der Waals surface area contributed by atoms with Crippen molar-refractivity contribution in [3.63, 3.8) is 0 Å². The van der Waals surface area contributed by atoms with Crippen LogP contribution >= 0.6 is 11.6 Å². The molecule has 0 saturated carbocycles. The molecule has 6 heteroatoms. The average Bonchev–Trinajstić information content (AvgIpc) is 2.57. The quantitative estimate of drug-likeness (QED) is 0.757. The summed E-state index contributed by atoms with van der Waals surface area (Å²) >= 11 is 6.05. The van der Waals surface area contributed by atoms with Crippen molar-refractivity contribution < 1.29 is 14.3 Å². The highest BCUT2D eigenvalue weighted by Crippen LogP contribution is 2.35. The minimum atomic E-state index is -0.274. The van der Waals surface area contributed by atoms with Crippen molar-refractivity contribution in [3.8, 4) is 11.5 Å². The molecule has 1 aliphatic rings. The smallest absolute Gasteiger partial charge is 0.319 e. The van der Waals surface area contributed by atoms with Gasteiger partial charge in [0.15, 0.2) is 0 Å². The van der Waals surface area contributed by atoms with E-state index in [1.165, 1.54) is 32.6 Å². The van der Waals surface area contributed by atoms with Crippen molar-refractivity contribution >= 4 is 23.3 Å². The van der Waals surface area contributed by atoms with E-state index >= 15 is 0 Å². The number of methoxy groups -OCH3 is 2. The number of anilines is 1. The highest BCUT2D eigenvalue weighted by Gasteiger charge is 2.12. The Balaban J connectivity index is 1.90. The van der Waals surface area contributed by atoms with Crippen molar-refractivity contribution in [2.75, 3.05) is 26.1 Å². The third-order valence-electron chi connectivity index (χ3n) is 3.84.